The topological polar surface area (TPSA) is 78.4 Å². The maximum atomic E-state index is 12.3. The summed E-state index contributed by atoms with van der Waals surface area (Å²) in [6.45, 7) is 3.49. The summed E-state index contributed by atoms with van der Waals surface area (Å²) in [5.41, 5.74) is 1.83. The zero-order valence-electron chi connectivity index (χ0n) is 14.4. The second-order valence-corrected chi connectivity index (χ2v) is 6.53. The second-order valence-electron chi connectivity index (χ2n) is 6.53. The van der Waals surface area contributed by atoms with Gasteiger partial charge in [0.05, 0.1) is 5.69 Å². The van der Waals surface area contributed by atoms with Gasteiger partial charge in [0.15, 0.2) is 5.82 Å². The van der Waals surface area contributed by atoms with E-state index in [0.29, 0.717) is 13.0 Å². The molecule has 2 atom stereocenters. The van der Waals surface area contributed by atoms with Crippen LogP contribution in [-0.4, -0.2) is 46.4 Å². The molecule has 0 spiro atoms. The molecule has 3 rings (SSSR count). The molecule has 2 heterocycles. The Balaban J connectivity index is 1.54. The zero-order chi connectivity index (χ0) is 17.6. The number of aryl methyl sites for hydroxylation is 1. The Morgan fingerprint density at radius 3 is 2.80 bits per heavy atom. The van der Waals surface area contributed by atoms with Gasteiger partial charge in [0.2, 0.25) is 5.91 Å². The van der Waals surface area contributed by atoms with E-state index < -0.39 is 6.10 Å². The van der Waals surface area contributed by atoms with E-state index in [9.17, 15) is 9.90 Å². The molecule has 1 aromatic carbocycles. The van der Waals surface area contributed by atoms with Crippen molar-refractivity contribution in [1.82, 2.24) is 15.5 Å². The van der Waals surface area contributed by atoms with Crippen molar-refractivity contribution in [2.45, 2.75) is 38.3 Å². The number of carbonyl (C=O) groups excluding carboxylic acids is 1. The molecule has 2 N–H and O–H groups in total. The minimum Gasteiger partial charge on any atom is -0.383 e. The summed E-state index contributed by atoms with van der Waals surface area (Å²) in [6, 6.07) is 13.5. The van der Waals surface area contributed by atoms with Crippen LogP contribution in [0.25, 0.3) is 0 Å². The summed E-state index contributed by atoms with van der Waals surface area (Å²) in [5.74, 6) is 0.514. The van der Waals surface area contributed by atoms with Gasteiger partial charge in [-0.3, -0.25) is 4.79 Å². The van der Waals surface area contributed by atoms with Gasteiger partial charge in [-0.25, -0.2) is 0 Å². The lowest BCUT2D eigenvalue weighted by atomic mass is 10.0. The van der Waals surface area contributed by atoms with Crippen LogP contribution in [0.5, 0.6) is 0 Å². The Morgan fingerprint density at radius 1 is 1.28 bits per heavy atom. The number of rotatable bonds is 5. The van der Waals surface area contributed by atoms with Crippen LogP contribution in [0.3, 0.4) is 0 Å². The van der Waals surface area contributed by atoms with Crippen molar-refractivity contribution in [3.8, 4) is 0 Å². The number of piperidine rings is 1. The average Bonchev–Trinajstić information content (AvgIpc) is 2.63. The fraction of sp³-hybridized carbons (Fsp3) is 0.421. The quantitative estimate of drug-likeness (QED) is 0.862. The minimum atomic E-state index is -1.03. The van der Waals surface area contributed by atoms with Crippen molar-refractivity contribution < 1.29 is 9.90 Å². The molecule has 0 aliphatic carbocycles. The van der Waals surface area contributed by atoms with E-state index in [-0.39, 0.29) is 11.9 Å². The SMILES string of the molecule is Cc1ccc(N2CCC[C@H](NC(=O)[C@@H](O)Cc3ccccc3)C2)nn1. The van der Waals surface area contributed by atoms with E-state index in [2.05, 4.69) is 20.4 Å². The first-order valence-electron chi connectivity index (χ1n) is 8.69. The van der Waals surface area contributed by atoms with Crippen LogP contribution in [0.2, 0.25) is 0 Å². The number of aliphatic hydroxyl groups excluding tert-OH is 1. The third-order valence-electron chi connectivity index (χ3n) is 4.45. The predicted molar refractivity (Wildman–Crippen MR) is 96.3 cm³/mol. The summed E-state index contributed by atoms with van der Waals surface area (Å²) in [5, 5.41) is 21.5. The number of nitrogens with zero attached hydrogens (tertiary/aromatic N) is 3. The molecule has 1 aliphatic heterocycles. The Bertz CT molecular complexity index is 690. The molecule has 1 saturated heterocycles. The minimum absolute atomic E-state index is 0.00905. The standard InChI is InChI=1S/C19H24N4O2/c1-14-9-10-18(22-21-14)23-11-5-8-16(13-23)20-19(25)17(24)12-15-6-3-2-4-7-15/h2-4,6-7,9-10,16-17,24H,5,8,11-13H2,1H3,(H,20,25)/t16-,17-/m0/s1. The second kappa shape index (κ2) is 8.07. The zero-order valence-corrected chi connectivity index (χ0v) is 14.4. The van der Waals surface area contributed by atoms with Crippen LogP contribution in [0.15, 0.2) is 42.5 Å². The predicted octanol–water partition coefficient (Wildman–Crippen LogP) is 1.47. The number of hydrogen-bond donors (Lipinski definition) is 2. The summed E-state index contributed by atoms with van der Waals surface area (Å²) >= 11 is 0. The summed E-state index contributed by atoms with van der Waals surface area (Å²) < 4.78 is 0. The van der Waals surface area contributed by atoms with Crippen molar-refractivity contribution in [3.63, 3.8) is 0 Å². The fourth-order valence-electron chi connectivity index (χ4n) is 3.09. The van der Waals surface area contributed by atoms with E-state index in [0.717, 1.165) is 36.5 Å². The van der Waals surface area contributed by atoms with Gasteiger partial charge < -0.3 is 15.3 Å². The monoisotopic (exact) mass is 340 g/mol. The maximum absolute atomic E-state index is 12.3. The average molecular weight is 340 g/mol. The highest BCUT2D eigenvalue weighted by Crippen LogP contribution is 2.17. The smallest absolute Gasteiger partial charge is 0.249 e. The van der Waals surface area contributed by atoms with Crippen molar-refractivity contribution in [2.75, 3.05) is 18.0 Å². The third kappa shape index (κ3) is 4.76. The highest BCUT2D eigenvalue weighted by Gasteiger charge is 2.25. The first kappa shape index (κ1) is 17.4. The molecular formula is C19H24N4O2. The molecular weight excluding hydrogens is 316 g/mol. The highest BCUT2D eigenvalue weighted by molar-refractivity contribution is 5.81. The third-order valence-corrected chi connectivity index (χ3v) is 4.45. The summed E-state index contributed by atoms with van der Waals surface area (Å²) in [4.78, 5) is 14.4. The van der Waals surface area contributed by atoms with Gasteiger partial charge in [0.1, 0.15) is 6.10 Å². The number of aliphatic hydroxyl groups is 1. The molecule has 0 radical (unpaired) electrons. The fourth-order valence-corrected chi connectivity index (χ4v) is 3.09. The van der Waals surface area contributed by atoms with E-state index in [1.165, 1.54) is 0 Å². The van der Waals surface area contributed by atoms with Crippen LogP contribution in [0.4, 0.5) is 5.82 Å². The van der Waals surface area contributed by atoms with Gasteiger partial charge in [-0.15, -0.1) is 5.10 Å². The van der Waals surface area contributed by atoms with E-state index in [1.807, 2.05) is 49.4 Å². The molecule has 1 aliphatic rings. The molecule has 0 saturated carbocycles. The van der Waals surface area contributed by atoms with E-state index in [1.54, 1.807) is 0 Å². The Hall–Kier alpha value is -2.47. The van der Waals surface area contributed by atoms with Gasteiger partial charge in [-0.2, -0.15) is 5.10 Å². The van der Waals surface area contributed by atoms with Gasteiger partial charge in [0, 0.05) is 25.6 Å². The highest BCUT2D eigenvalue weighted by atomic mass is 16.3. The molecule has 25 heavy (non-hydrogen) atoms. The van der Waals surface area contributed by atoms with Crippen LogP contribution in [-0.2, 0) is 11.2 Å². The Kier molecular flexibility index (Phi) is 5.60. The molecule has 6 heteroatoms. The first-order chi connectivity index (χ1) is 12.1. The Labute approximate surface area is 147 Å². The number of hydrogen-bond acceptors (Lipinski definition) is 5. The van der Waals surface area contributed by atoms with Crippen LogP contribution >= 0.6 is 0 Å². The number of nitrogens with one attached hydrogen (secondary N) is 1. The van der Waals surface area contributed by atoms with Crippen molar-refractivity contribution in [3.05, 3.63) is 53.7 Å². The number of benzene rings is 1. The molecule has 1 amide bonds. The van der Waals surface area contributed by atoms with Gasteiger partial charge in [0.25, 0.3) is 0 Å². The number of amides is 1. The van der Waals surface area contributed by atoms with Crippen LogP contribution in [0.1, 0.15) is 24.1 Å². The van der Waals surface area contributed by atoms with Crippen molar-refractivity contribution in [2.24, 2.45) is 0 Å². The molecule has 1 aromatic heterocycles. The van der Waals surface area contributed by atoms with Crippen molar-refractivity contribution in [1.29, 1.82) is 0 Å². The molecule has 0 unspecified atom stereocenters. The largest absolute Gasteiger partial charge is 0.383 e. The first-order valence-corrected chi connectivity index (χ1v) is 8.69. The molecule has 1 fully saturated rings. The summed E-state index contributed by atoms with van der Waals surface area (Å²) in [7, 11) is 0. The maximum Gasteiger partial charge on any atom is 0.249 e. The van der Waals surface area contributed by atoms with Crippen LogP contribution in [0, 0.1) is 6.92 Å². The Morgan fingerprint density at radius 2 is 2.08 bits per heavy atom. The van der Waals surface area contributed by atoms with Crippen molar-refractivity contribution >= 4 is 11.7 Å². The van der Waals surface area contributed by atoms with Crippen LogP contribution < -0.4 is 10.2 Å². The normalized spacial score (nSPS) is 18.6. The van der Waals surface area contributed by atoms with E-state index in [4.69, 9.17) is 0 Å². The number of carbonyl (C=O) groups is 1. The van der Waals surface area contributed by atoms with E-state index >= 15 is 0 Å². The molecule has 6 nitrogen and oxygen atoms in total. The molecule has 0 bridgehead atoms. The lowest BCUT2D eigenvalue weighted by Crippen LogP contribution is -2.50. The van der Waals surface area contributed by atoms with Gasteiger partial charge >= 0.3 is 0 Å². The number of aromatic nitrogens is 2. The lowest BCUT2D eigenvalue weighted by molar-refractivity contribution is -0.130. The van der Waals surface area contributed by atoms with Gasteiger partial charge in [-0.1, -0.05) is 30.3 Å². The molecule has 2 aromatic rings. The lowest BCUT2D eigenvalue weighted by Gasteiger charge is -2.34. The molecule has 132 valence electrons. The number of anilines is 1. The van der Waals surface area contributed by atoms with Gasteiger partial charge in [-0.05, 0) is 37.5 Å². The summed E-state index contributed by atoms with van der Waals surface area (Å²) in [6.07, 6.45) is 1.17.